The lowest BCUT2D eigenvalue weighted by Crippen LogP contribution is -2.61. The summed E-state index contributed by atoms with van der Waals surface area (Å²) in [6.45, 7) is 5.51. The third-order valence-electron chi connectivity index (χ3n) is 8.34. The lowest BCUT2D eigenvalue weighted by Gasteiger charge is -2.47. The highest BCUT2D eigenvalue weighted by molar-refractivity contribution is 7.86. The van der Waals surface area contributed by atoms with E-state index >= 15 is 0 Å². The molecule has 1 aromatic heterocycles. The number of ether oxygens (including phenoxy) is 2. The molecule has 11 nitrogen and oxygen atoms in total. The van der Waals surface area contributed by atoms with Gasteiger partial charge in [-0.1, -0.05) is 6.07 Å². The monoisotopic (exact) mass is 557 g/mol. The van der Waals surface area contributed by atoms with Gasteiger partial charge in [0.05, 0.1) is 29.8 Å². The van der Waals surface area contributed by atoms with Crippen LogP contribution in [0.2, 0.25) is 0 Å². The fourth-order valence-electron chi connectivity index (χ4n) is 5.86. The average molecular weight is 558 g/mol. The van der Waals surface area contributed by atoms with E-state index in [-0.39, 0.29) is 12.5 Å². The second-order valence-corrected chi connectivity index (χ2v) is 12.8. The van der Waals surface area contributed by atoms with E-state index in [0.717, 1.165) is 29.4 Å². The molecule has 6 rings (SSSR count). The van der Waals surface area contributed by atoms with Gasteiger partial charge >= 0.3 is 5.97 Å². The van der Waals surface area contributed by atoms with E-state index in [1.807, 2.05) is 23.1 Å². The lowest BCUT2D eigenvalue weighted by molar-refractivity contribution is -0.170. The minimum Gasteiger partial charge on any atom is -0.462 e. The number of benzene rings is 1. The Morgan fingerprint density at radius 2 is 1.79 bits per heavy atom. The van der Waals surface area contributed by atoms with E-state index in [1.165, 1.54) is 6.20 Å². The van der Waals surface area contributed by atoms with E-state index in [9.17, 15) is 18.0 Å². The van der Waals surface area contributed by atoms with Gasteiger partial charge in [-0.3, -0.25) is 9.78 Å². The molecule has 0 unspecified atom stereocenters. The molecule has 4 aliphatic rings. The lowest BCUT2D eigenvalue weighted by atomic mass is 9.90. The summed E-state index contributed by atoms with van der Waals surface area (Å²) < 4.78 is 41.2. The first-order valence-electron chi connectivity index (χ1n) is 13.8. The Balaban J connectivity index is 1.06. The molecule has 2 aromatic rings. The van der Waals surface area contributed by atoms with Crippen molar-refractivity contribution >= 4 is 38.7 Å². The molecule has 1 aliphatic carbocycles. The van der Waals surface area contributed by atoms with Crippen LogP contribution in [0.5, 0.6) is 0 Å². The smallest absolute Gasteiger partial charge is 0.339 e. The number of carbonyl (C=O) groups excluding carboxylic acids is 2. The Hall–Kier alpha value is -2.80. The van der Waals surface area contributed by atoms with Crippen LogP contribution >= 0.6 is 0 Å². The predicted octanol–water partition coefficient (Wildman–Crippen LogP) is 1.63. The maximum atomic E-state index is 13.5. The molecule has 1 aromatic carbocycles. The summed E-state index contributed by atoms with van der Waals surface area (Å²) >= 11 is 0. The Labute approximate surface area is 228 Å². The molecule has 1 saturated carbocycles. The van der Waals surface area contributed by atoms with Crippen molar-refractivity contribution in [3.8, 4) is 0 Å². The highest BCUT2D eigenvalue weighted by atomic mass is 32.2. The van der Waals surface area contributed by atoms with Gasteiger partial charge in [-0.25, -0.2) is 4.79 Å². The van der Waals surface area contributed by atoms with Gasteiger partial charge in [0.1, 0.15) is 6.61 Å². The van der Waals surface area contributed by atoms with Crippen LogP contribution in [-0.2, 0) is 24.5 Å². The van der Waals surface area contributed by atoms with E-state index in [1.54, 1.807) is 21.6 Å². The number of pyridine rings is 1. The van der Waals surface area contributed by atoms with Gasteiger partial charge in [0.2, 0.25) is 5.91 Å². The minimum absolute atomic E-state index is 0.0552. The summed E-state index contributed by atoms with van der Waals surface area (Å²) in [5.41, 5.74) is 1.73. The number of hydrogen-bond acceptors (Lipinski definition) is 8. The van der Waals surface area contributed by atoms with Crippen molar-refractivity contribution in [1.82, 2.24) is 18.5 Å². The van der Waals surface area contributed by atoms with Gasteiger partial charge in [-0.2, -0.15) is 17.0 Å². The van der Waals surface area contributed by atoms with E-state index in [2.05, 4.69) is 9.88 Å². The number of carbonyl (C=O) groups is 2. The maximum absolute atomic E-state index is 13.5. The number of aromatic nitrogens is 1. The molecular weight excluding hydrogens is 522 g/mol. The van der Waals surface area contributed by atoms with Crippen LogP contribution in [0, 0.1) is 0 Å². The van der Waals surface area contributed by atoms with Crippen LogP contribution in [0.3, 0.4) is 0 Å². The fraction of sp³-hybridized carbons (Fsp3) is 0.593. The number of morpholine rings is 1. The molecule has 3 aliphatic heterocycles. The van der Waals surface area contributed by atoms with Crippen molar-refractivity contribution in [1.29, 1.82) is 0 Å². The Bertz CT molecular complexity index is 1360. The van der Waals surface area contributed by atoms with E-state index < -0.39 is 21.8 Å². The Morgan fingerprint density at radius 1 is 1.08 bits per heavy atom. The summed E-state index contributed by atoms with van der Waals surface area (Å²) in [5, 5.41) is 0.847. The molecule has 210 valence electrons. The third kappa shape index (κ3) is 5.22. The van der Waals surface area contributed by atoms with Crippen LogP contribution in [0.25, 0.3) is 10.9 Å². The number of fused-ring (bicyclic) bond motifs is 1. The maximum Gasteiger partial charge on any atom is 0.339 e. The molecule has 4 heterocycles. The molecule has 0 N–H and O–H groups in total. The zero-order valence-corrected chi connectivity index (χ0v) is 23.1. The minimum atomic E-state index is -3.58. The first kappa shape index (κ1) is 26.4. The van der Waals surface area contributed by atoms with E-state index in [0.29, 0.717) is 76.9 Å². The Morgan fingerprint density at radius 3 is 2.49 bits per heavy atom. The number of esters is 1. The van der Waals surface area contributed by atoms with Crippen molar-refractivity contribution in [2.24, 2.45) is 0 Å². The van der Waals surface area contributed by atoms with Gasteiger partial charge in [-0.05, 0) is 50.8 Å². The van der Waals surface area contributed by atoms with Crippen molar-refractivity contribution in [2.45, 2.75) is 44.2 Å². The molecule has 3 saturated heterocycles. The quantitative estimate of drug-likeness (QED) is 0.493. The number of piperazine rings is 1. The number of anilines is 1. The zero-order valence-electron chi connectivity index (χ0n) is 22.3. The van der Waals surface area contributed by atoms with Crippen LogP contribution in [0.1, 0.15) is 43.0 Å². The molecule has 1 spiro atoms. The number of nitrogens with zero attached hydrogens (tertiary/aromatic N) is 5. The number of rotatable bonds is 6. The molecule has 12 heteroatoms. The summed E-state index contributed by atoms with van der Waals surface area (Å²) in [6.07, 6.45) is 4.84. The molecule has 4 fully saturated rings. The largest absolute Gasteiger partial charge is 0.462 e. The fourth-order valence-corrected chi connectivity index (χ4v) is 7.46. The van der Waals surface area contributed by atoms with Gasteiger partial charge in [0.15, 0.2) is 0 Å². The van der Waals surface area contributed by atoms with Crippen LogP contribution < -0.4 is 4.90 Å². The molecule has 0 radical (unpaired) electrons. The van der Waals surface area contributed by atoms with Gasteiger partial charge in [-0.15, -0.1) is 0 Å². The highest BCUT2D eigenvalue weighted by Crippen LogP contribution is 2.37. The molecule has 39 heavy (non-hydrogen) atoms. The van der Waals surface area contributed by atoms with Gasteiger partial charge in [0, 0.05) is 62.6 Å². The standard InChI is InChI=1S/C27H35N5O6S/c1-2-37-26(34)21-15-20-3-4-23(16-24(20)28-17-21)29-11-13-31(14-12-29)39(35,36)30-9-7-27(8-10-30)19-32(22-5-6-22)25(33)18-38-27/h3-4,15-17,22H,2,5-14,18-19H2,1H3. The molecule has 0 bridgehead atoms. The first-order chi connectivity index (χ1) is 18.8. The molecule has 0 atom stereocenters. The normalized spacial score (nSPS) is 22.9. The van der Waals surface area contributed by atoms with E-state index in [4.69, 9.17) is 9.47 Å². The first-order valence-corrected chi connectivity index (χ1v) is 15.2. The van der Waals surface area contributed by atoms with Crippen LogP contribution in [0.4, 0.5) is 5.69 Å². The van der Waals surface area contributed by atoms with Gasteiger partial charge < -0.3 is 19.3 Å². The van der Waals surface area contributed by atoms with Gasteiger partial charge in [0.25, 0.3) is 10.2 Å². The average Bonchev–Trinajstić information content (AvgIpc) is 3.80. The zero-order chi connectivity index (χ0) is 27.2. The summed E-state index contributed by atoms with van der Waals surface area (Å²) in [4.78, 5) is 32.8. The number of amides is 1. The molecular formula is C27H35N5O6S. The van der Waals surface area contributed by atoms with Crippen molar-refractivity contribution < 1.29 is 27.5 Å². The Kier molecular flexibility index (Phi) is 6.98. The van der Waals surface area contributed by atoms with Crippen molar-refractivity contribution in [3.63, 3.8) is 0 Å². The number of hydrogen-bond donors (Lipinski definition) is 0. The summed E-state index contributed by atoms with van der Waals surface area (Å²) in [7, 11) is -3.58. The summed E-state index contributed by atoms with van der Waals surface area (Å²) in [5.74, 6) is -0.335. The molecule has 1 amide bonds. The summed E-state index contributed by atoms with van der Waals surface area (Å²) in [6, 6.07) is 8.00. The second kappa shape index (κ2) is 10.3. The number of piperidine rings is 1. The third-order valence-corrected chi connectivity index (χ3v) is 10.4. The second-order valence-electron chi connectivity index (χ2n) is 10.8. The van der Waals surface area contributed by atoms with Crippen LogP contribution in [0.15, 0.2) is 30.5 Å². The highest BCUT2D eigenvalue weighted by Gasteiger charge is 2.48. The predicted molar refractivity (Wildman–Crippen MR) is 145 cm³/mol. The van der Waals surface area contributed by atoms with Crippen molar-refractivity contribution in [2.75, 3.05) is 63.9 Å². The topological polar surface area (TPSA) is 113 Å². The van der Waals surface area contributed by atoms with Crippen LogP contribution in [-0.4, -0.2) is 109 Å². The van der Waals surface area contributed by atoms with Crippen molar-refractivity contribution in [3.05, 3.63) is 36.0 Å². The SMILES string of the molecule is CCOC(=O)c1cnc2cc(N3CCN(S(=O)(=O)N4CCC5(CC4)CN(C4CC4)C(=O)CO5)CC3)ccc2c1.